The van der Waals surface area contributed by atoms with Crippen molar-refractivity contribution in [2.24, 2.45) is 0 Å². The Labute approximate surface area is 143 Å². The topological polar surface area (TPSA) is 114 Å². The number of carbonyl (C=O) groups is 1. The molecule has 2 N–H and O–H groups in total. The maximum atomic E-state index is 10.7. The van der Waals surface area contributed by atoms with E-state index in [9.17, 15) is 4.79 Å². The number of pyridine rings is 1. The Hall–Kier alpha value is -3.29. The number of aromatic amines is 1. The van der Waals surface area contributed by atoms with Crippen molar-refractivity contribution in [3.8, 4) is 17.1 Å². The van der Waals surface area contributed by atoms with Gasteiger partial charge in [-0.15, -0.1) is 0 Å². The van der Waals surface area contributed by atoms with E-state index in [1.165, 1.54) is 0 Å². The molecular formula is C17H17N5O3. The smallest absolute Gasteiger partial charge is 0.373 e. The molecule has 25 heavy (non-hydrogen) atoms. The van der Waals surface area contributed by atoms with Crippen LogP contribution in [0.4, 0.5) is 0 Å². The van der Waals surface area contributed by atoms with Gasteiger partial charge in [0.05, 0.1) is 24.2 Å². The number of aromatic nitrogens is 5. The number of hydrogen-bond acceptors (Lipinski definition) is 6. The second kappa shape index (κ2) is 8.00. The predicted molar refractivity (Wildman–Crippen MR) is 89.2 cm³/mol. The molecule has 3 aromatic heterocycles. The fraction of sp³-hybridized carbons (Fsp3) is 0.235. The third-order valence-electron chi connectivity index (χ3n) is 3.54. The monoisotopic (exact) mass is 339 g/mol. The number of aromatic carboxylic acids is 1. The number of hydrogen-bond donors (Lipinski definition) is 2. The lowest BCUT2D eigenvalue weighted by Gasteiger charge is -2.06. The number of carboxylic acid groups (broad SMARTS) is 1. The second-order valence-corrected chi connectivity index (χ2v) is 5.38. The molecule has 8 heteroatoms. The van der Waals surface area contributed by atoms with Gasteiger partial charge >= 0.3 is 5.97 Å². The van der Waals surface area contributed by atoms with Crippen LogP contribution in [0.25, 0.3) is 11.4 Å². The molecule has 8 nitrogen and oxygen atoms in total. The Bertz CT molecular complexity index is 801. The van der Waals surface area contributed by atoms with Gasteiger partial charge in [0, 0.05) is 18.6 Å². The van der Waals surface area contributed by atoms with Gasteiger partial charge in [0.25, 0.3) is 0 Å². The SMILES string of the molecule is O=C(O)c1ncc(CCCCOc2ccc(-c3ccn[nH]3)nc2)cn1. The minimum absolute atomic E-state index is 0.182. The molecule has 0 aliphatic rings. The largest absolute Gasteiger partial charge is 0.492 e. The molecule has 0 aromatic carbocycles. The van der Waals surface area contributed by atoms with E-state index in [-0.39, 0.29) is 5.82 Å². The van der Waals surface area contributed by atoms with Crippen molar-refractivity contribution in [3.63, 3.8) is 0 Å². The molecule has 0 radical (unpaired) electrons. The summed E-state index contributed by atoms with van der Waals surface area (Å²) >= 11 is 0. The van der Waals surface area contributed by atoms with E-state index in [0.29, 0.717) is 6.61 Å². The number of ether oxygens (including phenoxy) is 1. The number of unbranched alkanes of at least 4 members (excludes halogenated alkanes) is 1. The van der Waals surface area contributed by atoms with Crippen molar-refractivity contribution in [3.05, 3.63) is 54.4 Å². The molecule has 3 rings (SSSR count). The Balaban J connectivity index is 1.39. The van der Waals surface area contributed by atoms with Gasteiger partial charge in [-0.25, -0.2) is 14.8 Å². The zero-order valence-corrected chi connectivity index (χ0v) is 13.4. The van der Waals surface area contributed by atoms with E-state index < -0.39 is 5.97 Å². The van der Waals surface area contributed by atoms with Crippen LogP contribution in [0.2, 0.25) is 0 Å². The predicted octanol–water partition coefficient (Wildman–Crippen LogP) is 2.36. The van der Waals surface area contributed by atoms with Crippen molar-refractivity contribution in [1.82, 2.24) is 25.1 Å². The number of aryl methyl sites for hydroxylation is 1. The summed E-state index contributed by atoms with van der Waals surface area (Å²) in [4.78, 5) is 22.6. The minimum atomic E-state index is -1.12. The van der Waals surface area contributed by atoms with Gasteiger partial charge in [0.2, 0.25) is 5.82 Å². The summed E-state index contributed by atoms with van der Waals surface area (Å²) in [7, 11) is 0. The molecule has 0 saturated carbocycles. The average Bonchev–Trinajstić information content (AvgIpc) is 3.17. The molecule has 0 saturated heterocycles. The average molecular weight is 339 g/mol. The van der Waals surface area contributed by atoms with Gasteiger partial charge in [-0.05, 0) is 43.0 Å². The minimum Gasteiger partial charge on any atom is -0.492 e. The van der Waals surface area contributed by atoms with Gasteiger partial charge in [-0.1, -0.05) is 0 Å². The van der Waals surface area contributed by atoms with E-state index >= 15 is 0 Å². The van der Waals surface area contributed by atoms with Crippen LogP contribution in [0.15, 0.2) is 43.0 Å². The summed E-state index contributed by atoms with van der Waals surface area (Å²) in [5.41, 5.74) is 2.59. The molecular weight excluding hydrogens is 322 g/mol. The van der Waals surface area contributed by atoms with E-state index in [1.54, 1.807) is 24.8 Å². The highest BCUT2D eigenvalue weighted by molar-refractivity contribution is 5.82. The third-order valence-corrected chi connectivity index (χ3v) is 3.54. The van der Waals surface area contributed by atoms with Crippen LogP contribution in [0.1, 0.15) is 29.0 Å². The maximum absolute atomic E-state index is 10.7. The highest BCUT2D eigenvalue weighted by atomic mass is 16.5. The lowest BCUT2D eigenvalue weighted by atomic mass is 10.1. The summed E-state index contributed by atoms with van der Waals surface area (Å²) in [6, 6.07) is 5.61. The number of nitrogens with zero attached hydrogens (tertiary/aromatic N) is 4. The standard InChI is InChI=1S/C17H17N5O3/c23-17(24)16-19-9-12(10-20-16)3-1-2-8-25-13-4-5-14(18-11-13)15-6-7-21-22-15/h4-7,9-11H,1-3,8H2,(H,21,22)(H,23,24). The molecule has 0 aliphatic heterocycles. The van der Waals surface area contributed by atoms with Gasteiger partial charge in [-0.2, -0.15) is 5.10 Å². The van der Waals surface area contributed by atoms with Crippen LogP contribution in [0, 0.1) is 0 Å². The van der Waals surface area contributed by atoms with Gasteiger partial charge in [0.1, 0.15) is 5.75 Å². The maximum Gasteiger partial charge on any atom is 0.373 e. The molecule has 3 heterocycles. The first kappa shape index (κ1) is 16.6. The van der Waals surface area contributed by atoms with Gasteiger partial charge in [0.15, 0.2) is 0 Å². The first-order valence-corrected chi connectivity index (χ1v) is 7.85. The van der Waals surface area contributed by atoms with Crippen LogP contribution in [-0.4, -0.2) is 42.8 Å². The fourth-order valence-electron chi connectivity index (χ4n) is 2.24. The molecule has 0 atom stereocenters. The third kappa shape index (κ3) is 4.60. The molecule has 0 amide bonds. The van der Waals surface area contributed by atoms with E-state index in [1.807, 2.05) is 18.2 Å². The number of nitrogens with one attached hydrogen (secondary N) is 1. The van der Waals surface area contributed by atoms with Crippen molar-refractivity contribution >= 4 is 5.97 Å². The zero-order valence-electron chi connectivity index (χ0n) is 13.4. The molecule has 0 spiro atoms. The lowest BCUT2D eigenvalue weighted by Crippen LogP contribution is -2.04. The van der Waals surface area contributed by atoms with Crippen LogP contribution in [0.5, 0.6) is 5.75 Å². The van der Waals surface area contributed by atoms with Crippen molar-refractivity contribution < 1.29 is 14.6 Å². The Morgan fingerprint density at radius 1 is 1.08 bits per heavy atom. The molecule has 3 aromatic rings. The molecule has 0 unspecified atom stereocenters. The van der Waals surface area contributed by atoms with Crippen LogP contribution < -0.4 is 4.74 Å². The summed E-state index contributed by atoms with van der Waals surface area (Å²) in [6.45, 7) is 0.582. The quantitative estimate of drug-likeness (QED) is 0.605. The summed E-state index contributed by atoms with van der Waals surface area (Å²) in [5.74, 6) is -0.581. The van der Waals surface area contributed by atoms with Crippen LogP contribution in [-0.2, 0) is 6.42 Å². The molecule has 0 fully saturated rings. The van der Waals surface area contributed by atoms with E-state index in [2.05, 4.69) is 25.1 Å². The summed E-state index contributed by atoms with van der Waals surface area (Å²) in [6.07, 6.45) is 9.01. The Morgan fingerprint density at radius 2 is 1.92 bits per heavy atom. The second-order valence-electron chi connectivity index (χ2n) is 5.38. The van der Waals surface area contributed by atoms with E-state index in [0.717, 1.165) is 42.0 Å². The fourth-order valence-corrected chi connectivity index (χ4v) is 2.24. The first-order valence-electron chi connectivity index (χ1n) is 7.85. The molecule has 0 bridgehead atoms. The Morgan fingerprint density at radius 3 is 2.56 bits per heavy atom. The normalized spacial score (nSPS) is 10.6. The summed E-state index contributed by atoms with van der Waals surface area (Å²) in [5, 5.41) is 15.5. The van der Waals surface area contributed by atoms with Gasteiger partial charge < -0.3 is 9.84 Å². The number of carboxylic acids is 1. The number of rotatable bonds is 8. The molecule has 128 valence electrons. The van der Waals surface area contributed by atoms with Crippen LogP contribution in [0.3, 0.4) is 0 Å². The lowest BCUT2D eigenvalue weighted by molar-refractivity contribution is 0.0683. The highest BCUT2D eigenvalue weighted by Gasteiger charge is 2.05. The van der Waals surface area contributed by atoms with Crippen LogP contribution >= 0.6 is 0 Å². The molecule has 0 aliphatic carbocycles. The highest BCUT2D eigenvalue weighted by Crippen LogP contribution is 2.17. The van der Waals surface area contributed by atoms with Crippen molar-refractivity contribution in [2.75, 3.05) is 6.61 Å². The van der Waals surface area contributed by atoms with Crippen molar-refractivity contribution in [2.45, 2.75) is 19.3 Å². The Kier molecular flexibility index (Phi) is 5.30. The zero-order chi connectivity index (χ0) is 17.5. The summed E-state index contributed by atoms with van der Waals surface area (Å²) < 4.78 is 5.67. The first-order chi connectivity index (χ1) is 12.2. The number of H-pyrrole nitrogens is 1. The van der Waals surface area contributed by atoms with E-state index in [4.69, 9.17) is 9.84 Å². The van der Waals surface area contributed by atoms with Gasteiger partial charge in [-0.3, -0.25) is 10.1 Å². The van der Waals surface area contributed by atoms with Crippen molar-refractivity contribution in [1.29, 1.82) is 0 Å².